The van der Waals surface area contributed by atoms with Crippen molar-refractivity contribution in [2.24, 2.45) is 0 Å². The summed E-state index contributed by atoms with van der Waals surface area (Å²) in [6.45, 7) is 5.33. The van der Waals surface area contributed by atoms with Crippen LogP contribution in [0.25, 0.3) is 0 Å². The van der Waals surface area contributed by atoms with E-state index in [0.717, 1.165) is 37.0 Å². The van der Waals surface area contributed by atoms with Gasteiger partial charge in [0.25, 0.3) is 0 Å². The first-order chi connectivity index (χ1) is 13.2. The van der Waals surface area contributed by atoms with Gasteiger partial charge in [-0.15, -0.1) is 0 Å². The summed E-state index contributed by atoms with van der Waals surface area (Å²) in [5.41, 5.74) is 2.12. The number of rotatable bonds is 4. The molecule has 1 atom stereocenters. The molecule has 27 heavy (non-hydrogen) atoms. The van der Waals surface area contributed by atoms with Crippen molar-refractivity contribution >= 4 is 46.6 Å². The van der Waals surface area contributed by atoms with Crippen LogP contribution < -0.4 is 15.1 Å². The molecule has 0 aromatic heterocycles. The highest BCUT2D eigenvalue weighted by Crippen LogP contribution is 2.26. The van der Waals surface area contributed by atoms with Gasteiger partial charge in [-0.2, -0.15) is 11.8 Å². The molecule has 3 saturated heterocycles. The minimum absolute atomic E-state index is 0.181. The molecular formula is C19H26N4O2S2. The van der Waals surface area contributed by atoms with E-state index in [9.17, 15) is 4.79 Å². The van der Waals surface area contributed by atoms with Gasteiger partial charge in [0, 0.05) is 43.3 Å². The Labute approximate surface area is 170 Å². The highest BCUT2D eigenvalue weighted by molar-refractivity contribution is 7.99. The van der Waals surface area contributed by atoms with Crippen molar-refractivity contribution in [3.63, 3.8) is 0 Å². The zero-order chi connectivity index (χ0) is 18.6. The van der Waals surface area contributed by atoms with Crippen LogP contribution in [-0.4, -0.2) is 73.0 Å². The standard InChI is InChI=1S/C19H26N4O2S2/c24-19-23(14-17(25-19)13-20-18(26)22-7-1-8-22)16-5-3-15(4-6-16)21-9-2-11-27-12-10-21/h3-6,17H,1-2,7-14H2,(H,20,26). The van der Waals surface area contributed by atoms with Crippen LogP contribution in [0.4, 0.5) is 16.2 Å². The van der Waals surface area contributed by atoms with Crippen LogP contribution in [-0.2, 0) is 4.74 Å². The number of carbonyl (C=O) groups is 1. The molecule has 0 saturated carbocycles. The summed E-state index contributed by atoms with van der Waals surface area (Å²) < 4.78 is 5.51. The third-order valence-corrected chi connectivity index (χ3v) is 6.70. The molecule has 1 aromatic rings. The van der Waals surface area contributed by atoms with Crippen LogP contribution in [0.3, 0.4) is 0 Å². The molecule has 3 aliphatic rings. The summed E-state index contributed by atoms with van der Waals surface area (Å²) in [6, 6.07) is 8.27. The van der Waals surface area contributed by atoms with Crippen LogP contribution in [0, 0.1) is 0 Å². The largest absolute Gasteiger partial charge is 0.442 e. The monoisotopic (exact) mass is 406 g/mol. The SMILES string of the molecule is O=C1OC(CNC(=S)N2CCC2)CN1c1ccc(N2CCCSCC2)cc1. The highest BCUT2D eigenvalue weighted by atomic mass is 32.2. The molecule has 4 rings (SSSR count). The predicted molar refractivity (Wildman–Crippen MR) is 115 cm³/mol. The van der Waals surface area contributed by atoms with Gasteiger partial charge in [-0.05, 0) is 55.1 Å². The molecule has 8 heteroatoms. The van der Waals surface area contributed by atoms with E-state index in [1.54, 1.807) is 4.90 Å². The second-order valence-corrected chi connectivity index (χ2v) is 8.72. The Morgan fingerprint density at radius 2 is 1.89 bits per heavy atom. The Morgan fingerprint density at radius 3 is 2.63 bits per heavy atom. The summed E-state index contributed by atoms with van der Waals surface area (Å²) in [7, 11) is 0. The predicted octanol–water partition coefficient (Wildman–Crippen LogP) is 2.54. The normalized spacial score (nSPS) is 22.9. The van der Waals surface area contributed by atoms with E-state index in [1.807, 2.05) is 23.9 Å². The summed E-state index contributed by atoms with van der Waals surface area (Å²) in [6.07, 6.45) is 1.95. The second-order valence-electron chi connectivity index (χ2n) is 7.11. The lowest BCUT2D eigenvalue weighted by molar-refractivity contribution is 0.142. The third kappa shape index (κ3) is 4.43. The first-order valence-corrected chi connectivity index (χ1v) is 11.2. The van der Waals surface area contributed by atoms with Crippen LogP contribution in [0.2, 0.25) is 0 Å². The first-order valence-electron chi connectivity index (χ1n) is 9.64. The van der Waals surface area contributed by atoms with Crippen LogP contribution in [0.5, 0.6) is 0 Å². The molecule has 3 heterocycles. The number of likely N-dealkylation sites (tertiary alicyclic amines) is 1. The van der Waals surface area contributed by atoms with Crippen LogP contribution in [0.15, 0.2) is 24.3 Å². The van der Waals surface area contributed by atoms with Gasteiger partial charge in [0.05, 0.1) is 13.1 Å². The fourth-order valence-electron chi connectivity index (χ4n) is 3.52. The van der Waals surface area contributed by atoms with Crippen molar-refractivity contribution in [1.29, 1.82) is 0 Å². The zero-order valence-electron chi connectivity index (χ0n) is 15.4. The minimum atomic E-state index is -0.282. The maximum absolute atomic E-state index is 12.3. The number of anilines is 2. The number of hydrogen-bond donors (Lipinski definition) is 1. The summed E-state index contributed by atoms with van der Waals surface area (Å²) in [4.78, 5) is 18.5. The van der Waals surface area contributed by atoms with Gasteiger partial charge in [-0.1, -0.05) is 0 Å². The molecular weight excluding hydrogens is 380 g/mol. The van der Waals surface area contributed by atoms with E-state index in [-0.39, 0.29) is 12.2 Å². The number of nitrogens with zero attached hydrogens (tertiary/aromatic N) is 3. The average Bonchev–Trinajstić information content (AvgIpc) is 2.83. The molecule has 6 nitrogen and oxygen atoms in total. The Hall–Kier alpha value is -1.67. The molecule has 0 bridgehead atoms. The molecule has 3 fully saturated rings. The van der Waals surface area contributed by atoms with E-state index in [4.69, 9.17) is 17.0 Å². The number of hydrogen-bond acceptors (Lipinski definition) is 5. The number of cyclic esters (lactones) is 1. The van der Waals surface area contributed by atoms with Gasteiger partial charge in [0.1, 0.15) is 6.10 Å². The van der Waals surface area contributed by atoms with Crippen molar-refractivity contribution < 1.29 is 9.53 Å². The van der Waals surface area contributed by atoms with Gasteiger partial charge in [-0.3, -0.25) is 4.90 Å². The number of amides is 1. The maximum Gasteiger partial charge on any atom is 0.414 e. The number of benzene rings is 1. The van der Waals surface area contributed by atoms with Gasteiger partial charge < -0.3 is 19.9 Å². The van der Waals surface area contributed by atoms with E-state index < -0.39 is 0 Å². The van der Waals surface area contributed by atoms with E-state index in [2.05, 4.69) is 27.2 Å². The van der Waals surface area contributed by atoms with Crippen molar-refractivity contribution in [2.75, 3.05) is 60.6 Å². The summed E-state index contributed by atoms with van der Waals surface area (Å²) in [5, 5.41) is 3.98. The molecule has 1 unspecified atom stereocenters. The lowest BCUT2D eigenvalue weighted by Gasteiger charge is -2.33. The Balaban J connectivity index is 1.32. The van der Waals surface area contributed by atoms with Gasteiger partial charge in [0.2, 0.25) is 0 Å². The van der Waals surface area contributed by atoms with Gasteiger partial charge in [0.15, 0.2) is 5.11 Å². The zero-order valence-corrected chi connectivity index (χ0v) is 17.1. The summed E-state index contributed by atoms with van der Waals surface area (Å²) >= 11 is 7.38. The van der Waals surface area contributed by atoms with Crippen molar-refractivity contribution in [2.45, 2.75) is 18.9 Å². The summed E-state index contributed by atoms with van der Waals surface area (Å²) in [5.74, 6) is 2.42. The topological polar surface area (TPSA) is 48.1 Å². The van der Waals surface area contributed by atoms with Crippen molar-refractivity contribution in [1.82, 2.24) is 10.2 Å². The minimum Gasteiger partial charge on any atom is -0.442 e. The quantitative estimate of drug-likeness (QED) is 0.771. The highest BCUT2D eigenvalue weighted by Gasteiger charge is 2.32. The van der Waals surface area contributed by atoms with E-state index >= 15 is 0 Å². The second kappa shape index (κ2) is 8.56. The molecule has 1 aromatic carbocycles. The Kier molecular flexibility index (Phi) is 5.92. The fourth-order valence-corrected chi connectivity index (χ4v) is 4.67. The molecule has 0 aliphatic carbocycles. The average molecular weight is 407 g/mol. The number of thioether (sulfide) groups is 1. The number of thiocarbonyl (C=S) groups is 1. The molecule has 146 valence electrons. The lowest BCUT2D eigenvalue weighted by atomic mass is 10.2. The molecule has 0 radical (unpaired) electrons. The molecule has 1 amide bonds. The fraction of sp³-hybridized carbons (Fsp3) is 0.579. The number of ether oxygens (including phenoxy) is 1. The number of carbonyl (C=O) groups excluding carboxylic acids is 1. The Morgan fingerprint density at radius 1 is 1.11 bits per heavy atom. The Bertz CT molecular complexity index is 673. The maximum atomic E-state index is 12.3. The molecule has 1 N–H and O–H groups in total. The van der Waals surface area contributed by atoms with Crippen LogP contribution >= 0.6 is 24.0 Å². The van der Waals surface area contributed by atoms with Gasteiger partial charge >= 0.3 is 6.09 Å². The smallest absolute Gasteiger partial charge is 0.414 e. The van der Waals surface area contributed by atoms with Crippen LogP contribution in [0.1, 0.15) is 12.8 Å². The van der Waals surface area contributed by atoms with Crippen molar-refractivity contribution in [3.8, 4) is 0 Å². The first kappa shape index (κ1) is 18.7. The third-order valence-electron chi connectivity index (χ3n) is 5.25. The molecule has 0 spiro atoms. The van der Waals surface area contributed by atoms with E-state index in [1.165, 1.54) is 30.0 Å². The number of nitrogens with one attached hydrogen (secondary N) is 1. The molecule has 3 aliphatic heterocycles. The van der Waals surface area contributed by atoms with Crippen molar-refractivity contribution in [3.05, 3.63) is 24.3 Å². The lowest BCUT2D eigenvalue weighted by Crippen LogP contribution is -2.49. The van der Waals surface area contributed by atoms with Gasteiger partial charge in [-0.25, -0.2) is 4.79 Å². The van der Waals surface area contributed by atoms with E-state index in [0.29, 0.717) is 13.1 Å².